The molecule has 12 heteroatoms. The van der Waals surface area contributed by atoms with Crippen LogP contribution in [-0.2, 0) is 27.4 Å². The van der Waals surface area contributed by atoms with Crippen LogP contribution in [-0.4, -0.2) is 50.9 Å². The van der Waals surface area contributed by atoms with Crippen LogP contribution < -0.4 is 16.0 Å². The number of aliphatic imine (C=N–C) groups is 1. The molecule has 0 aliphatic carbocycles. The molecule has 0 saturated carbocycles. The molecular formula is C18H26F3IN4O3S. The summed E-state index contributed by atoms with van der Waals surface area (Å²) in [5, 5.41) is 8.68. The van der Waals surface area contributed by atoms with Gasteiger partial charge in [-0.25, -0.2) is 13.4 Å². The van der Waals surface area contributed by atoms with Gasteiger partial charge in [0, 0.05) is 25.6 Å². The average Bonchev–Trinajstić information content (AvgIpc) is 2.97. The van der Waals surface area contributed by atoms with Gasteiger partial charge in [-0.15, -0.1) is 24.0 Å². The van der Waals surface area contributed by atoms with Gasteiger partial charge in [0.15, 0.2) is 15.8 Å². The molecule has 3 N–H and O–H groups in total. The summed E-state index contributed by atoms with van der Waals surface area (Å²) in [7, 11) is -3.05. The third-order valence-corrected chi connectivity index (χ3v) is 6.06. The summed E-state index contributed by atoms with van der Waals surface area (Å²) < 4.78 is 60.6. The highest BCUT2D eigenvalue weighted by atomic mass is 127. The van der Waals surface area contributed by atoms with Crippen molar-refractivity contribution in [1.29, 1.82) is 0 Å². The maximum atomic E-state index is 12.6. The number of rotatable bonds is 7. The molecule has 1 aliphatic heterocycles. The Morgan fingerprint density at radius 1 is 1.20 bits per heavy atom. The standard InChI is InChI=1S/C18H25F3N4O3S.HI/c1-2-22-17(24-11-13-3-5-14(6-4-13)18(19,20)21)23-9-7-16(26)25-15-8-10-29(27,28)12-15;/h3-6,15H,2,7-12H2,1H3,(H,25,26)(H2,22,23,24);1H. The molecule has 1 saturated heterocycles. The first kappa shape index (κ1) is 26.5. The number of hydrogen-bond acceptors (Lipinski definition) is 4. The van der Waals surface area contributed by atoms with Gasteiger partial charge in [0.25, 0.3) is 0 Å². The lowest BCUT2D eigenvalue weighted by atomic mass is 10.1. The Labute approximate surface area is 191 Å². The molecule has 0 bridgehead atoms. The molecule has 2 rings (SSSR count). The Morgan fingerprint density at radius 2 is 1.87 bits per heavy atom. The van der Waals surface area contributed by atoms with Gasteiger partial charge >= 0.3 is 6.18 Å². The van der Waals surface area contributed by atoms with Crippen LogP contribution in [0.1, 0.15) is 30.9 Å². The van der Waals surface area contributed by atoms with Crippen LogP contribution in [0.25, 0.3) is 0 Å². The quantitative estimate of drug-likeness (QED) is 0.269. The summed E-state index contributed by atoms with van der Waals surface area (Å²) in [5.74, 6) is 0.252. The smallest absolute Gasteiger partial charge is 0.357 e. The first-order chi connectivity index (χ1) is 13.6. The first-order valence-corrected chi connectivity index (χ1v) is 11.1. The van der Waals surface area contributed by atoms with E-state index in [-0.39, 0.29) is 66.9 Å². The number of amides is 1. The molecule has 1 heterocycles. The van der Waals surface area contributed by atoms with E-state index in [1.165, 1.54) is 12.1 Å². The molecule has 1 aromatic rings. The van der Waals surface area contributed by atoms with E-state index in [2.05, 4.69) is 20.9 Å². The van der Waals surface area contributed by atoms with E-state index in [4.69, 9.17) is 0 Å². The molecule has 1 aromatic carbocycles. The maximum absolute atomic E-state index is 12.6. The van der Waals surface area contributed by atoms with Crippen LogP contribution >= 0.6 is 24.0 Å². The van der Waals surface area contributed by atoms with Crippen LogP contribution in [0.15, 0.2) is 29.3 Å². The topological polar surface area (TPSA) is 99.7 Å². The summed E-state index contributed by atoms with van der Waals surface area (Å²) in [6, 6.07) is 4.43. The van der Waals surface area contributed by atoms with Crippen molar-refractivity contribution in [2.24, 2.45) is 4.99 Å². The summed E-state index contributed by atoms with van der Waals surface area (Å²) >= 11 is 0. The van der Waals surface area contributed by atoms with Crippen molar-refractivity contribution in [3.8, 4) is 0 Å². The van der Waals surface area contributed by atoms with E-state index in [1.807, 2.05) is 6.92 Å². The zero-order valence-corrected chi connectivity index (χ0v) is 19.6. The minimum Gasteiger partial charge on any atom is -0.357 e. The minimum absolute atomic E-state index is 0. The van der Waals surface area contributed by atoms with Crippen molar-refractivity contribution in [2.75, 3.05) is 24.6 Å². The lowest BCUT2D eigenvalue weighted by molar-refractivity contribution is -0.137. The minimum atomic E-state index is -4.37. The van der Waals surface area contributed by atoms with Crippen LogP contribution in [0.5, 0.6) is 0 Å². The summed E-state index contributed by atoms with van der Waals surface area (Å²) in [5.41, 5.74) is -0.0910. The van der Waals surface area contributed by atoms with Crippen molar-refractivity contribution < 1.29 is 26.4 Å². The van der Waals surface area contributed by atoms with Crippen LogP contribution in [0.3, 0.4) is 0 Å². The summed E-state index contributed by atoms with van der Waals surface area (Å²) in [6.45, 7) is 2.90. The molecule has 30 heavy (non-hydrogen) atoms. The number of hydrogen-bond donors (Lipinski definition) is 3. The van der Waals surface area contributed by atoms with E-state index in [0.29, 0.717) is 24.5 Å². The lowest BCUT2D eigenvalue weighted by Gasteiger charge is -2.13. The first-order valence-electron chi connectivity index (χ1n) is 9.27. The van der Waals surface area contributed by atoms with Gasteiger partial charge in [-0.1, -0.05) is 12.1 Å². The molecule has 1 aliphatic rings. The molecule has 0 radical (unpaired) electrons. The van der Waals surface area contributed by atoms with E-state index >= 15 is 0 Å². The van der Waals surface area contributed by atoms with Crippen molar-refractivity contribution in [1.82, 2.24) is 16.0 Å². The molecule has 1 fully saturated rings. The van der Waals surface area contributed by atoms with E-state index < -0.39 is 21.6 Å². The molecular weight excluding hydrogens is 536 g/mol. The van der Waals surface area contributed by atoms with E-state index in [1.54, 1.807) is 0 Å². The molecule has 0 aromatic heterocycles. The fourth-order valence-corrected chi connectivity index (χ4v) is 4.49. The average molecular weight is 562 g/mol. The van der Waals surface area contributed by atoms with E-state index in [0.717, 1.165) is 12.1 Å². The predicted molar refractivity (Wildman–Crippen MR) is 119 cm³/mol. The molecule has 170 valence electrons. The van der Waals surface area contributed by atoms with E-state index in [9.17, 15) is 26.4 Å². The number of guanidine groups is 1. The van der Waals surface area contributed by atoms with Gasteiger partial charge in [-0.2, -0.15) is 13.2 Å². The number of alkyl halides is 3. The Bertz CT molecular complexity index is 830. The van der Waals surface area contributed by atoms with Crippen molar-refractivity contribution in [2.45, 2.75) is 38.5 Å². The SMILES string of the molecule is CCNC(=NCc1ccc(C(F)(F)F)cc1)NCCC(=O)NC1CCS(=O)(=O)C1.I. The summed E-state index contributed by atoms with van der Waals surface area (Å²) in [4.78, 5) is 16.2. The predicted octanol–water partition coefficient (Wildman–Crippen LogP) is 2.07. The largest absolute Gasteiger partial charge is 0.416 e. The number of halogens is 4. The van der Waals surface area contributed by atoms with Gasteiger partial charge in [0.05, 0.1) is 23.6 Å². The third kappa shape index (κ3) is 9.06. The summed E-state index contributed by atoms with van der Waals surface area (Å²) in [6.07, 6.45) is -3.80. The van der Waals surface area contributed by atoms with Gasteiger partial charge in [-0.3, -0.25) is 4.79 Å². The molecule has 1 amide bonds. The zero-order chi connectivity index (χ0) is 21.5. The number of carbonyl (C=O) groups is 1. The molecule has 7 nitrogen and oxygen atoms in total. The monoisotopic (exact) mass is 562 g/mol. The highest BCUT2D eigenvalue weighted by Gasteiger charge is 2.30. The fraction of sp³-hybridized carbons (Fsp3) is 0.556. The number of benzene rings is 1. The Kier molecular flexibility index (Phi) is 10.3. The molecule has 1 unspecified atom stereocenters. The van der Waals surface area contributed by atoms with Gasteiger partial charge in [0.1, 0.15) is 0 Å². The van der Waals surface area contributed by atoms with Crippen LogP contribution in [0.2, 0.25) is 0 Å². The van der Waals surface area contributed by atoms with Crippen LogP contribution in [0.4, 0.5) is 13.2 Å². The van der Waals surface area contributed by atoms with Crippen molar-refractivity contribution in [3.05, 3.63) is 35.4 Å². The van der Waals surface area contributed by atoms with Gasteiger partial charge < -0.3 is 16.0 Å². The second kappa shape index (κ2) is 11.7. The number of nitrogens with one attached hydrogen (secondary N) is 3. The van der Waals surface area contributed by atoms with Crippen LogP contribution in [0, 0.1) is 0 Å². The fourth-order valence-electron chi connectivity index (χ4n) is 2.81. The lowest BCUT2D eigenvalue weighted by Crippen LogP contribution is -2.41. The number of nitrogens with zero attached hydrogens (tertiary/aromatic N) is 1. The highest BCUT2D eigenvalue weighted by Crippen LogP contribution is 2.29. The van der Waals surface area contributed by atoms with Gasteiger partial charge in [-0.05, 0) is 31.0 Å². The van der Waals surface area contributed by atoms with Crippen molar-refractivity contribution in [3.63, 3.8) is 0 Å². The Balaban J connectivity index is 0.00000450. The zero-order valence-electron chi connectivity index (χ0n) is 16.5. The second-order valence-electron chi connectivity index (χ2n) is 6.73. The normalized spacial score (nSPS) is 18.4. The Morgan fingerprint density at radius 3 is 2.40 bits per heavy atom. The number of carbonyl (C=O) groups excluding carboxylic acids is 1. The second-order valence-corrected chi connectivity index (χ2v) is 8.96. The molecule has 0 spiro atoms. The van der Waals surface area contributed by atoms with Crippen molar-refractivity contribution >= 4 is 45.7 Å². The maximum Gasteiger partial charge on any atom is 0.416 e. The highest BCUT2D eigenvalue weighted by molar-refractivity contribution is 14.0. The Hall–Kier alpha value is -1.57. The molecule has 1 atom stereocenters. The van der Waals surface area contributed by atoms with Gasteiger partial charge in [0.2, 0.25) is 5.91 Å². The third-order valence-electron chi connectivity index (χ3n) is 4.29. The number of sulfone groups is 1.